The zero-order chi connectivity index (χ0) is 20.4. The summed E-state index contributed by atoms with van der Waals surface area (Å²) in [7, 11) is 3.22. The van der Waals surface area contributed by atoms with Crippen molar-refractivity contribution in [3.05, 3.63) is 59.9 Å². The van der Waals surface area contributed by atoms with Crippen molar-refractivity contribution in [1.82, 2.24) is 4.90 Å². The summed E-state index contributed by atoms with van der Waals surface area (Å²) in [6, 6.07) is 12.2. The molecule has 1 fully saturated rings. The smallest absolute Gasteiger partial charge is 0.231 e. The van der Waals surface area contributed by atoms with E-state index in [1.165, 1.54) is 17.0 Å². The number of ketones is 1. The van der Waals surface area contributed by atoms with Crippen LogP contribution in [0.1, 0.15) is 24.3 Å². The van der Waals surface area contributed by atoms with Crippen molar-refractivity contribution >= 4 is 11.7 Å². The number of nitrogens with zero attached hydrogens (tertiary/aromatic N) is 1. The lowest BCUT2D eigenvalue weighted by atomic mass is 9.74. The highest BCUT2D eigenvalue weighted by Gasteiger charge is 2.41. The minimum Gasteiger partial charge on any atom is -0.348 e. The van der Waals surface area contributed by atoms with Crippen LogP contribution in [-0.2, 0) is 9.59 Å². The average molecular weight is 386 g/mol. The molecule has 28 heavy (non-hydrogen) atoms. The Hall–Kier alpha value is -2.60. The second kappa shape index (κ2) is 8.19. The number of Topliss-reactive ketones (excluding diaryl/α,β-unsaturated/α-hetero) is 1. The molecule has 2 aromatic carbocycles. The number of rotatable bonds is 6. The van der Waals surface area contributed by atoms with Gasteiger partial charge in [0.15, 0.2) is 5.78 Å². The summed E-state index contributed by atoms with van der Waals surface area (Å²) < 4.78 is 26.3. The molecule has 2 aromatic rings. The summed E-state index contributed by atoms with van der Waals surface area (Å²) in [5.74, 6) is -2.10. The molecule has 2 N–H and O–H groups in total. The highest BCUT2D eigenvalue weighted by molar-refractivity contribution is 5.95. The molecule has 0 spiro atoms. The minimum absolute atomic E-state index is 0.179. The van der Waals surface area contributed by atoms with Gasteiger partial charge in [-0.25, -0.2) is 8.78 Å². The molecule has 1 aliphatic rings. The van der Waals surface area contributed by atoms with Crippen molar-refractivity contribution in [3.63, 3.8) is 0 Å². The topological polar surface area (TPSA) is 63.4 Å². The Bertz CT molecular complexity index is 844. The molecule has 0 bridgehead atoms. The van der Waals surface area contributed by atoms with Gasteiger partial charge in [0.05, 0.1) is 12.0 Å². The van der Waals surface area contributed by atoms with Gasteiger partial charge in [-0.2, -0.15) is 0 Å². The molecule has 2 atom stereocenters. The van der Waals surface area contributed by atoms with Gasteiger partial charge in [0.1, 0.15) is 12.0 Å². The first-order valence-electron chi connectivity index (χ1n) is 9.28. The number of carbonyl (C=O) groups is 2. The molecule has 0 heterocycles. The Balaban J connectivity index is 1.86. The van der Waals surface area contributed by atoms with Crippen LogP contribution in [0.2, 0.25) is 0 Å². The van der Waals surface area contributed by atoms with E-state index >= 15 is 0 Å². The summed E-state index contributed by atoms with van der Waals surface area (Å²) in [5, 5.41) is 0. The monoisotopic (exact) mass is 386 g/mol. The molecular weight excluding hydrogens is 362 g/mol. The van der Waals surface area contributed by atoms with Gasteiger partial charge in [-0.05, 0) is 41.7 Å². The Morgan fingerprint density at radius 1 is 1.00 bits per heavy atom. The van der Waals surface area contributed by atoms with Crippen molar-refractivity contribution in [2.75, 3.05) is 14.1 Å². The predicted octanol–water partition coefficient (Wildman–Crippen LogP) is 3.31. The van der Waals surface area contributed by atoms with E-state index in [1.807, 2.05) is 12.1 Å². The van der Waals surface area contributed by atoms with Crippen molar-refractivity contribution < 1.29 is 18.4 Å². The normalized spacial score (nSPS) is 20.8. The summed E-state index contributed by atoms with van der Waals surface area (Å²) in [6.45, 7) is 0. The Kier molecular flexibility index (Phi) is 5.89. The third kappa shape index (κ3) is 4.12. The summed E-state index contributed by atoms with van der Waals surface area (Å²) in [5.41, 5.74) is 8.52. The van der Waals surface area contributed by atoms with Crippen LogP contribution in [0.5, 0.6) is 0 Å². The Morgan fingerprint density at radius 2 is 1.50 bits per heavy atom. The van der Waals surface area contributed by atoms with Gasteiger partial charge in [-0.3, -0.25) is 9.59 Å². The molecule has 3 rings (SSSR count). The fourth-order valence-electron chi connectivity index (χ4n) is 3.52. The number of likely N-dealkylation sites (N-methyl/N-ethyl adjacent to an activating group) is 1. The number of alkyl halides is 1. The van der Waals surface area contributed by atoms with E-state index < -0.39 is 24.0 Å². The first kappa shape index (κ1) is 20.1. The number of carbonyl (C=O) groups excluding carboxylic acids is 2. The number of nitrogens with two attached hydrogens (primary N) is 1. The summed E-state index contributed by atoms with van der Waals surface area (Å²) >= 11 is 0. The van der Waals surface area contributed by atoms with Gasteiger partial charge in [0.25, 0.3) is 0 Å². The van der Waals surface area contributed by atoms with Gasteiger partial charge in [-0.15, -0.1) is 0 Å². The van der Waals surface area contributed by atoms with Crippen LogP contribution in [0.25, 0.3) is 11.1 Å². The third-order valence-corrected chi connectivity index (χ3v) is 5.32. The first-order chi connectivity index (χ1) is 13.3. The second-order valence-electron chi connectivity index (χ2n) is 7.53. The van der Waals surface area contributed by atoms with Crippen LogP contribution >= 0.6 is 0 Å². The molecule has 6 heteroatoms. The number of amides is 1. The highest BCUT2D eigenvalue weighted by Crippen LogP contribution is 2.34. The zero-order valence-corrected chi connectivity index (χ0v) is 15.9. The average Bonchev–Trinajstić information content (AvgIpc) is 2.66. The second-order valence-corrected chi connectivity index (χ2v) is 7.53. The summed E-state index contributed by atoms with van der Waals surface area (Å²) in [6.07, 6.45) is -0.600. The van der Waals surface area contributed by atoms with E-state index in [2.05, 4.69) is 0 Å². The molecule has 1 aliphatic carbocycles. The molecule has 0 unspecified atom stereocenters. The van der Waals surface area contributed by atoms with Gasteiger partial charge in [0.2, 0.25) is 5.91 Å². The predicted molar refractivity (Wildman–Crippen MR) is 104 cm³/mol. The molecule has 1 amide bonds. The standard InChI is InChI=1S/C22H24F2N2O2/c1-26(2)22(28)19(20(25)21(27)16-11-18(24)12-16)15-5-3-13(4-6-15)14-7-9-17(23)10-8-14/h3-10,16,18-20H,11-12,25H2,1-2H3/t16?,18?,19-,20-/m0/s1. The number of halogens is 2. The quantitative estimate of drug-likeness (QED) is 0.829. The van der Waals surface area contributed by atoms with E-state index in [-0.39, 0.29) is 30.3 Å². The van der Waals surface area contributed by atoms with Crippen molar-refractivity contribution in [1.29, 1.82) is 0 Å². The lowest BCUT2D eigenvalue weighted by Crippen LogP contribution is -2.49. The molecular formula is C22H24F2N2O2. The van der Waals surface area contributed by atoms with E-state index in [4.69, 9.17) is 5.73 Å². The van der Waals surface area contributed by atoms with Crippen LogP contribution in [0.15, 0.2) is 48.5 Å². The van der Waals surface area contributed by atoms with E-state index in [0.29, 0.717) is 5.56 Å². The van der Waals surface area contributed by atoms with Gasteiger partial charge >= 0.3 is 0 Å². The molecule has 4 nitrogen and oxygen atoms in total. The molecule has 0 radical (unpaired) electrons. The summed E-state index contributed by atoms with van der Waals surface area (Å²) in [4.78, 5) is 26.8. The van der Waals surface area contributed by atoms with E-state index in [0.717, 1.165) is 11.1 Å². The van der Waals surface area contributed by atoms with Crippen molar-refractivity contribution in [3.8, 4) is 11.1 Å². The number of hydrogen-bond donors (Lipinski definition) is 1. The first-order valence-corrected chi connectivity index (χ1v) is 9.28. The Labute approximate surface area is 163 Å². The third-order valence-electron chi connectivity index (χ3n) is 5.32. The maximum Gasteiger partial charge on any atom is 0.231 e. The fraction of sp³-hybridized carbons (Fsp3) is 0.364. The number of hydrogen-bond acceptors (Lipinski definition) is 3. The van der Waals surface area contributed by atoms with Crippen LogP contribution in [0, 0.1) is 11.7 Å². The SMILES string of the molecule is CN(C)C(=O)[C@@H](c1ccc(-c2ccc(F)cc2)cc1)[C@H](N)C(=O)C1CC(F)C1. The van der Waals surface area contributed by atoms with Crippen LogP contribution in [-0.4, -0.2) is 42.9 Å². The zero-order valence-electron chi connectivity index (χ0n) is 15.9. The maximum atomic E-state index is 13.1. The lowest BCUT2D eigenvalue weighted by Gasteiger charge is -2.33. The van der Waals surface area contributed by atoms with Gasteiger partial charge < -0.3 is 10.6 Å². The van der Waals surface area contributed by atoms with Crippen LogP contribution in [0.4, 0.5) is 8.78 Å². The molecule has 1 saturated carbocycles. The van der Waals surface area contributed by atoms with Gasteiger partial charge in [0, 0.05) is 20.0 Å². The van der Waals surface area contributed by atoms with E-state index in [1.54, 1.807) is 38.4 Å². The molecule has 0 aromatic heterocycles. The minimum atomic E-state index is -1.02. The van der Waals surface area contributed by atoms with Crippen LogP contribution < -0.4 is 5.73 Å². The maximum absolute atomic E-state index is 13.1. The molecule has 0 saturated heterocycles. The van der Waals surface area contributed by atoms with Crippen molar-refractivity contribution in [2.24, 2.45) is 11.7 Å². The fourth-order valence-corrected chi connectivity index (χ4v) is 3.52. The molecule has 148 valence electrons. The van der Waals surface area contributed by atoms with E-state index in [9.17, 15) is 18.4 Å². The van der Waals surface area contributed by atoms with Gasteiger partial charge in [-0.1, -0.05) is 36.4 Å². The lowest BCUT2D eigenvalue weighted by molar-refractivity contribution is -0.136. The molecule has 0 aliphatic heterocycles. The number of benzene rings is 2. The largest absolute Gasteiger partial charge is 0.348 e. The van der Waals surface area contributed by atoms with Crippen molar-refractivity contribution in [2.45, 2.75) is 31.0 Å². The highest BCUT2D eigenvalue weighted by atomic mass is 19.1. The van der Waals surface area contributed by atoms with Crippen LogP contribution in [0.3, 0.4) is 0 Å². The Morgan fingerprint density at radius 3 is 1.96 bits per heavy atom.